The van der Waals surface area contributed by atoms with Crippen LogP contribution in [0.4, 0.5) is 8.78 Å². The lowest BCUT2D eigenvalue weighted by atomic mass is 9.39. The van der Waals surface area contributed by atoms with Crippen molar-refractivity contribution in [2.45, 2.75) is 140 Å². The number of ether oxygens (including phenoxy) is 4. The van der Waals surface area contributed by atoms with Crippen LogP contribution in [-0.2, 0) is 51.2 Å². The van der Waals surface area contributed by atoms with Crippen molar-refractivity contribution < 1.29 is 96.7 Å². The number of fused-ring (bicyclic) bond motifs is 11. The van der Waals surface area contributed by atoms with E-state index in [-0.39, 0.29) is 77.0 Å². The number of aliphatic hydroxyl groups is 5. The lowest BCUT2D eigenvalue weighted by Crippen LogP contribution is -2.77. The number of phenols is 1. The van der Waals surface area contributed by atoms with Crippen LogP contribution in [0.25, 0.3) is 33.4 Å². The van der Waals surface area contributed by atoms with Gasteiger partial charge in [0, 0.05) is 83.2 Å². The second kappa shape index (κ2) is 18.8. The van der Waals surface area contributed by atoms with Crippen molar-refractivity contribution in [1.82, 2.24) is 25.6 Å². The van der Waals surface area contributed by atoms with Crippen LogP contribution >= 0.6 is 0 Å². The minimum atomic E-state index is -2.28. The van der Waals surface area contributed by atoms with Crippen LogP contribution in [0.15, 0.2) is 57.9 Å². The first kappa shape index (κ1) is 56.8. The molecule has 13 rings (SSSR count). The molecule has 450 valence electrons. The molecule has 1 spiro atoms. The molecule has 0 radical (unpaired) electrons. The Hall–Kier alpha value is -7.33. The Morgan fingerprint density at radius 2 is 1.65 bits per heavy atom. The number of esters is 2. The number of benzene rings is 3. The zero-order valence-corrected chi connectivity index (χ0v) is 46.5. The zero-order valence-electron chi connectivity index (χ0n) is 46.5. The molecule has 8 fully saturated rings. The number of carbonyl (C=O) groups excluding carboxylic acids is 5. The van der Waals surface area contributed by atoms with Gasteiger partial charge in [-0.05, 0) is 81.2 Å². The molecule has 5 heterocycles. The highest BCUT2D eigenvalue weighted by Gasteiger charge is 2.94. The Bertz CT molecular complexity index is 3780. The van der Waals surface area contributed by atoms with Gasteiger partial charge in [-0.1, -0.05) is 25.1 Å². The minimum Gasteiger partial charge on any atom is -0.505 e. The van der Waals surface area contributed by atoms with Gasteiger partial charge in [-0.15, -0.1) is 5.10 Å². The number of aromatic nitrogens is 3. The number of carbonyl (C=O) groups is 6. The van der Waals surface area contributed by atoms with E-state index >= 15 is 0 Å². The number of aliphatic hydroxyl groups excluding tert-OH is 4. The average molecular weight is 1180 g/mol. The number of phenolic OH excluding ortho intramolecular Hbond substituents is 1. The largest absolute Gasteiger partial charge is 0.505 e. The van der Waals surface area contributed by atoms with Crippen LogP contribution in [0.1, 0.15) is 87.2 Å². The van der Waals surface area contributed by atoms with Crippen LogP contribution < -0.4 is 16.1 Å². The quantitative estimate of drug-likeness (QED) is 0.0490. The maximum absolute atomic E-state index is 14.9. The van der Waals surface area contributed by atoms with Gasteiger partial charge in [0.25, 0.3) is 5.91 Å². The Labute approximate surface area is 480 Å². The molecule has 3 aromatic rings. The molecule has 1 aromatic heterocycles. The van der Waals surface area contributed by atoms with Crippen molar-refractivity contribution in [2.24, 2.45) is 57.7 Å². The summed E-state index contributed by atoms with van der Waals surface area (Å²) in [6.07, 6.45) is -8.38. The number of epoxide rings is 2. The van der Waals surface area contributed by atoms with Gasteiger partial charge in [-0.3, -0.25) is 28.7 Å². The van der Waals surface area contributed by atoms with Crippen LogP contribution in [0.2, 0.25) is 0 Å². The number of hydrogen-bond acceptors (Lipinski definition) is 20. The predicted octanol–water partition coefficient (Wildman–Crippen LogP) is 1.96. The van der Waals surface area contributed by atoms with Crippen LogP contribution in [-0.4, -0.2) is 153 Å². The molecule has 3 saturated heterocycles. The lowest BCUT2D eigenvalue weighted by molar-refractivity contribution is -0.279. The summed E-state index contributed by atoms with van der Waals surface area (Å²) in [6, 6.07) is 5.87. The summed E-state index contributed by atoms with van der Waals surface area (Å²) in [4.78, 5) is 94.5. The summed E-state index contributed by atoms with van der Waals surface area (Å²) in [5.74, 6) is -17.9. The number of carboxylic acid groups (broad SMARTS) is 1. The molecule has 10 aliphatic rings. The number of ketones is 1. The molecule has 0 unspecified atom stereocenters. The predicted molar refractivity (Wildman–Crippen MR) is 282 cm³/mol. The number of carboxylic acids is 1. The molecule has 4 aliphatic heterocycles. The number of halogens is 2. The average Bonchev–Trinajstić information content (AvgIpc) is 1.46. The van der Waals surface area contributed by atoms with Crippen LogP contribution in [0.5, 0.6) is 5.75 Å². The van der Waals surface area contributed by atoms with E-state index in [9.17, 15) is 78.1 Å². The third-order valence-corrected chi connectivity index (χ3v) is 21.4. The van der Waals surface area contributed by atoms with Crippen molar-refractivity contribution in [3.63, 3.8) is 0 Å². The summed E-state index contributed by atoms with van der Waals surface area (Å²) in [5.41, 5.74) is -9.22. The number of hydrogen-bond donors (Lipinski definition) is 9. The number of rotatable bonds is 12. The third-order valence-electron chi connectivity index (χ3n) is 21.4. The maximum Gasteiger partial charge on any atom is 0.341 e. The molecule has 26 heteroatoms. The van der Waals surface area contributed by atoms with E-state index in [1.807, 2.05) is 0 Å². The fourth-order valence-electron chi connectivity index (χ4n) is 17.6. The highest BCUT2D eigenvalue weighted by Crippen LogP contribution is 2.81. The molecule has 24 nitrogen and oxygen atoms in total. The molecule has 2 aromatic carbocycles. The summed E-state index contributed by atoms with van der Waals surface area (Å²) in [7, 11) is 0. The smallest absolute Gasteiger partial charge is 0.341 e. The Kier molecular flexibility index (Phi) is 12.6. The molecule has 85 heavy (non-hydrogen) atoms. The van der Waals surface area contributed by atoms with Gasteiger partial charge in [0.15, 0.2) is 23.0 Å². The molecule has 21 atom stereocenters. The highest BCUT2D eigenvalue weighted by molar-refractivity contribution is 6.09. The summed E-state index contributed by atoms with van der Waals surface area (Å²) < 4.78 is 60.7. The van der Waals surface area contributed by atoms with Gasteiger partial charge in [0.05, 0.1) is 59.6 Å². The third kappa shape index (κ3) is 7.57. The van der Waals surface area contributed by atoms with E-state index in [4.69, 9.17) is 23.4 Å². The first-order valence-corrected chi connectivity index (χ1v) is 28.2. The number of nitrogens with one attached hydrogen (secondary N) is 2. The molecular formula is C59H61F2N5O19. The SMILES string of the molecule is CC(=O)O[C@H]1[C@H]2[C@@H]([C@@H](O)[C@@H](NC(=O)CCCn3cc(CNC(=O)c4ccc(-c5c6cc(F)c(=O)cc-6oc6cc(O)c(F)cc56)c(C(=O)O)c4)nn3)[C@H]3C[C@@H]4O[C@@H]4[C@H](O)[C@]23C)[C@@H]2[C@@H](O)[C@@H]3[C@H]([C@H](C)[C@H]4O[C@]45OC(=O)[C@@](C)(O)[C@]35C)[C@@]2(C(C)=O)[C@H]1O. The van der Waals surface area contributed by atoms with Crippen molar-refractivity contribution in [1.29, 1.82) is 0 Å². The first-order chi connectivity index (χ1) is 40.1. The Morgan fingerprint density at radius 1 is 0.906 bits per heavy atom. The number of aromatic carboxylic acids is 1. The van der Waals surface area contributed by atoms with Gasteiger partial charge in [0.1, 0.15) is 47.2 Å². The topological polar surface area (TPSA) is 373 Å². The van der Waals surface area contributed by atoms with Crippen LogP contribution in [0.3, 0.4) is 0 Å². The number of Topliss-reactive ketones (excluding diaryl/α,β-unsaturated/α-hetero) is 1. The highest BCUT2D eigenvalue weighted by atomic mass is 19.1. The monoisotopic (exact) mass is 1180 g/mol. The number of aromatic hydroxyl groups is 1. The van der Waals surface area contributed by atoms with E-state index in [0.29, 0.717) is 0 Å². The fraction of sp³-hybridized carbons (Fsp3) is 0.542. The second-order valence-corrected chi connectivity index (χ2v) is 25.2. The van der Waals surface area contributed by atoms with Gasteiger partial charge < -0.3 is 69.7 Å². The molecule has 5 saturated carbocycles. The van der Waals surface area contributed by atoms with Gasteiger partial charge >= 0.3 is 17.9 Å². The standard InChI is InChI=1S/C59H61F2N5O19/c1-20-40-43(56(5)57(6,80)54(79)85-59(56)51(20)84-59)46(73)41-39-42(48(81-22(3)68)50(75)58(40,41)21(2)67)55(4)29(15-36-47(83-36)49(55)74)44(45(39)72)63-37(71)8-7-11-66-19-24(64-65-66)18-62-52(76)23-9-10-25(26(12-23)53(77)78)38-27-13-30(60)32(69)16-34(27)82-35-17-33(70)31(61)14-28(35)38/h9-10,12-14,16-17,19-20,29,36,39-51,69,72-75,80H,7-8,11,15,18H2,1-6H3,(H,62,76)(H,63,71)(H,77,78)/t20-,29+,36-,39-,40-,41+,42+,43-,44-,45+,46+,47-,48-,49-,50-,51+,55-,56-,57+,58+,59-/m0/s1. The van der Waals surface area contributed by atoms with Gasteiger partial charge in [-0.25, -0.2) is 18.4 Å². The summed E-state index contributed by atoms with van der Waals surface area (Å²) >= 11 is 0. The first-order valence-electron chi connectivity index (χ1n) is 28.2. The maximum atomic E-state index is 14.9. The minimum absolute atomic E-state index is 0.0519. The Balaban J connectivity index is 0.735. The van der Waals surface area contributed by atoms with Gasteiger partial charge in [0.2, 0.25) is 17.1 Å². The Morgan fingerprint density at radius 3 is 2.35 bits per heavy atom. The molecular weight excluding hydrogens is 1120 g/mol. The summed E-state index contributed by atoms with van der Waals surface area (Å²) in [6.45, 7) is 8.54. The van der Waals surface area contributed by atoms with E-state index in [1.165, 1.54) is 36.9 Å². The van der Waals surface area contributed by atoms with E-state index in [2.05, 4.69) is 20.9 Å². The molecule has 0 bridgehead atoms. The molecule has 2 amide bonds. The van der Waals surface area contributed by atoms with Crippen molar-refractivity contribution in [2.75, 3.05) is 0 Å². The van der Waals surface area contributed by atoms with E-state index in [1.54, 1.807) is 20.8 Å². The number of amides is 2. The van der Waals surface area contributed by atoms with E-state index in [0.717, 1.165) is 37.3 Å². The zero-order chi connectivity index (χ0) is 60.8. The van der Waals surface area contributed by atoms with Crippen molar-refractivity contribution >= 4 is 46.5 Å². The van der Waals surface area contributed by atoms with Gasteiger partial charge in [-0.2, -0.15) is 0 Å². The van der Waals surface area contributed by atoms with Crippen LogP contribution in [0, 0.1) is 69.3 Å². The number of nitrogens with zero attached hydrogens (tertiary/aromatic N) is 3. The normalized spacial score (nSPS) is 39.7. The fourth-order valence-corrected chi connectivity index (χ4v) is 17.6. The molecule has 9 N–H and O–H groups in total. The summed E-state index contributed by atoms with van der Waals surface area (Å²) in [5, 5.41) is 98.1. The number of aryl methyl sites for hydroxylation is 1. The lowest BCUT2D eigenvalue weighted by Gasteiger charge is -2.67. The van der Waals surface area contributed by atoms with Crippen molar-refractivity contribution in [3.8, 4) is 28.2 Å². The second-order valence-electron chi connectivity index (χ2n) is 25.2. The molecule has 6 aliphatic carbocycles. The van der Waals surface area contributed by atoms with Crippen molar-refractivity contribution in [3.05, 3.63) is 87.3 Å². The van der Waals surface area contributed by atoms with E-state index < -0.39 is 188 Å².